The molecule has 1 unspecified atom stereocenters. The molecular formula is C15H29N3O2. The van der Waals surface area contributed by atoms with Gasteiger partial charge in [-0.1, -0.05) is 0 Å². The summed E-state index contributed by atoms with van der Waals surface area (Å²) in [5, 5.41) is 3.43. The van der Waals surface area contributed by atoms with Gasteiger partial charge in [-0.2, -0.15) is 0 Å². The number of nitrogens with zero attached hydrogens (tertiary/aromatic N) is 2. The molecular weight excluding hydrogens is 254 g/mol. The standard InChI is InChI=1S/C15H29N3O2/c1-4-20-15(19)14(16-12-5-6-12)11-18-9-7-13(8-10-18)17(2)3/h12-14,16H,4-11H2,1-3H3. The first-order valence-corrected chi connectivity index (χ1v) is 7.91. The molecule has 1 saturated heterocycles. The van der Waals surface area contributed by atoms with Crippen LogP contribution in [-0.4, -0.2) is 74.2 Å². The van der Waals surface area contributed by atoms with Crippen molar-refractivity contribution >= 4 is 5.97 Å². The highest BCUT2D eigenvalue weighted by Gasteiger charge is 2.31. The Labute approximate surface area is 122 Å². The lowest BCUT2D eigenvalue weighted by atomic mass is 10.0. The molecule has 0 bridgehead atoms. The molecule has 0 radical (unpaired) electrons. The molecule has 5 nitrogen and oxygen atoms in total. The van der Waals surface area contributed by atoms with Gasteiger partial charge in [0.25, 0.3) is 0 Å². The minimum absolute atomic E-state index is 0.0888. The predicted octanol–water partition coefficient (Wildman–Crippen LogP) is 0.696. The molecule has 2 rings (SSSR count). The van der Waals surface area contributed by atoms with E-state index in [-0.39, 0.29) is 12.0 Å². The largest absolute Gasteiger partial charge is 0.465 e. The number of carbonyl (C=O) groups is 1. The van der Waals surface area contributed by atoms with Gasteiger partial charge in [-0.05, 0) is 59.8 Å². The van der Waals surface area contributed by atoms with E-state index in [0.29, 0.717) is 18.7 Å². The van der Waals surface area contributed by atoms with E-state index in [4.69, 9.17) is 4.74 Å². The minimum atomic E-state index is -0.154. The molecule has 20 heavy (non-hydrogen) atoms. The Kier molecular flexibility index (Phi) is 5.81. The summed E-state index contributed by atoms with van der Waals surface area (Å²) in [6.07, 6.45) is 4.76. The maximum Gasteiger partial charge on any atom is 0.324 e. The van der Waals surface area contributed by atoms with Crippen LogP contribution in [0.15, 0.2) is 0 Å². The van der Waals surface area contributed by atoms with E-state index in [1.165, 1.54) is 25.7 Å². The summed E-state index contributed by atoms with van der Waals surface area (Å²) in [4.78, 5) is 16.7. The van der Waals surface area contributed by atoms with Crippen molar-refractivity contribution in [1.29, 1.82) is 0 Å². The van der Waals surface area contributed by atoms with E-state index >= 15 is 0 Å². The van der Waals surface area contributed by atoms with Gasteiger partial charge in [0, 0.05) is 18.6 Å². The van der Waals surface area contributed by atoms with Crippen molar-refractivity contribution in [2.75, 3.05) is 40.3 Å². The fraction of sp³-hybridized carbons (Fsp3) is 0.933. The smallest absolute Gasteiger partial charge is 0.324 e. The summed E-state index contributed by atoms with van der Waals surface area (Å²) in [6, 6.07) is 1.06. The average Bonchev–Trinajstić information content (AvgIpc) is 3.23. The lowest BCUT2D eigenvalue weighted by Gasteiger charge is -2.36. The number of rotatable bonds is 7. The van der Waals surface area contributed by atoms with Crippen molar-refractivity contribution < 1.29 is 9.53 Å². The first-order valence-electron chi connectivity index (χ1n) is 7.91. The second-order valence-corrected chi connectivity index (χ2v) is 6.24. The fourth-order valence-electron chi connectivity index (χ4n) is 2.85. The molecule has 0 spiro atoms. The number of nitrogens with one attached hydrogen (secondary N) is 1. The van der Waals surface area contributed by atoms with E-state index < -0.39 is 0 Å². The number of piperidine rings is 1. The Morgan fingerprint density at radius 2 is 1.95 bits per heavy atom. The Balaban J connectivity index is 1.80. The molecule has 5 heteroatoms. The van der Waals surface area contributed by atoms with Gasteiger partial charge in [0.1, 0.15) is 6.04 Å². The van der Waals surface area contributed by atoms with Gasteiger partial charge in [-0.15, -0.1) is 0 Å². The van der Waals surface area contributed by atoms with Gasteiger partial charge in [-0.25, -0.2) is 0 Å². The summed E-state index contributed by atoms with van der Waals surface area (Å²) in [7, 11) is 4.30. The van der Waals surface area contributed by atoms with Gasteiger partial charge in [0.2, 0.25) is 0 Å². The van der Waals surface area contributed by atoms with Crippen LogP contribution in [0, 0.1) is 0 Å². The third-order valence-electron chi connectivity index (χ3n) is 4.31. The molecule has 2 aliphatic rings. The summed E-state index contributed by atoms with van der Waals surface area (Å²) >= 11 is 0. The minimum Gasteiger partial charge on any atom is -0.465 e. The van der Waals surface area contributed by atoms with Crippen LogP contribution in [0.5, 0.6) is 0 Å². The maximum absolute atomic E-state index is 12.0. The van der Waals surface area contributed by atoms with E-state index in [0.717, 1.165) is 19.6 Å². The van der Waals surface area contributed by atoms with Crippen molar-refractivity contribution in [3.8, 4) is 0 Å². The predicted molar refractivity (Wildman–Crippen MR) is 79.7 cm³/mol. The van der Waals surface area contributed by atoms with Gasteiger partial charge >= 0.3 is 5.97 Å². The average molecular weight is 283 g/mol. The fourth-order valence-corrected chi connectivity index (χ4v) is 2.85. The molecule has 0 aromatic rings. The third kappa shape index (κ3) is 4.72. The van der Waals surface area contributed by atoms with Crippen molar-refractivity contribution in [3.05, 3.63) is 0 Å². The maximum atomic E-state index is 12.0. The molecule has 0 amide bonds. The summed E-state index contributed by atoms with van der Waals surface area (Å²) in [6.45, 7) is 5.27. The quantitative estimate of drug-likeness (QED) is 0.697. The van der Waals surface area contributed by atoms with Crippen LogP contribution in [0.4, 0.5) is 0 Å². The number of carbonyl (C=O) groups excluding carboxylic acids is 1. The Morgan fingerprint density at radius 1 is 1.30 bits per heavy atom. The molecule has 1 aliphatic heterocycles. The number of likely N-dealkylation sites (tertiary alicyclic amines) is 1. The van der Waals surface area contributed by atoms with Gasteiger partial charge < -0.3 is 19.9 Å². The zero-order valence-electron chi connectivity index (χ0n) is 13.1. The molecule has 0 aromatic carbocycles. The molecule has 1 N–H and O–H groups in total. The normalized spacial score (nSPS) is 23.0. The monoisotopic (exact) mass is 283 g/mol. The molecule has 1 aliphatic carbocycles. The van der Waals surface area contributed by atoms with Crippen LogP contribution < -0.4 is 5.32 Å². The Bertz CT molecular complexity index is 310. The molecule has 2 fully saturated rings. The van der Waals surface area contributed by atoms with Gasteiger partial charge in [0.05, 0.1) is 6.61 Å². The lowest BCUT2D eigenvalue weighted by molar-refractivity contribution is -0.146. The second-order valence-electron chi connectivity index (χ2n) is 6.24. The topological polar surface area (TPSA) is 44.8 Å². The van der Waals surface area contributed by atoms with Crippen molar-refractivity contribution in [3.63, 3.8) is 0 Å². The second kappa shape index (κ2) is 7.38. The summed E-state index contributed by atoms with van der Waals surface area (Å²) < 4.78 is 5.20. The van der Waals surface area contributed by atoms with E-state index in [1.807, 2.05) is 6.92 Å². The molecule has 1 saturated carbocycles. The molecule has 1 heterocycles. The third-order valence-corrected chi connectivity index (χ3v) is 4.31. The van der Waals surface area contributed by atoms with Crippen molar-refractivity contribution in [2.45, 2.75) is 50.7 Å². The zero-order valence-corrected chi connectivity index (χ0v) is 13.1. The van der Waals surface area contributed by atoms with Crippen LogP contribution in [0.1, 0.15) is 32.6 Å². The first kappa shape index (κ1) is 15.7. The summed E-state index contributed by atoms with van der Waals surface area (Å²) in [5.41, 5.74) is 0. The number of hydrogen-bond donors (Lipinski definition) is 1. The van der Waals surface area contributed by atoms with Crippen LogP contribution in [0.2, 0.25) is 0 Å². The molecule has 1 atom stereocenters. The van der Waals surface area contributed by atoms with E-state index in [9.17, 15) is 4.79 Å². The highest BCUT2D eigenvalue weighted by atomic mass is 16.5. The number of esters is 1. The highest BCUT2D eigenvalue weighted by molar-refractivity contribution is 5.76. The zero-order chi connectivity index (χ0) is 14.5. The Hall–Kier alpha value is -0.650. The van der Waals surface area contributed by atoms with Crippen LogP contribution >= 0.6 is 0 Å². The number of hydrogen-bond acceptors (Lipinski definition) is 5. The summed E-state index contributed by atoms with van der Waals surface area (Å²) in [5.74, 6) is -0.0888. The number of ether oxygens (including phenoxy) is 1. The van der Waals surface area contributed by atoms with Crippen LogP contribution in [0.3, 0.4) is 0 Å². The van der Waals surface area contributed by atoms with Crippen molar-refractivity contribution in [2.24, 2.45) is 0 Å². The van der Waals surface area contributed by atoms with Crippen molar-refractivity contribution in [1.82, 2.24) is 15.1 Å². The van der Waals surface area contributed by atoms with E-state index in [1.54, 1.807) is 0 Å². The Morgan fingerprint density at radius 3 is 2.45 bits per heavy atom. The molecule has 0 aromatic heterocycles. The van der Waals surface area contributed by atoms with Crippen LogP contribution in [0.25, 0.3) is 0 Å². The molecule has 116 valence electrons. The first-order chi connectivity index (χ1) is 9.60. The van der Waals surface area contributed by atoms with Gasteiger partial charge in [0.15, 0.2) is 0 Å². The van der Waals surface area contributed by atoms with Gasteiger partial charge in [-0.3, -0.25) is 4.79 Å². The highest BCUT2D eigenvalue weighted by Crippen LogP contribution is 2.20. The SMILES string of the molecule is CCOC(=O)C(CN1CCC(N(C)C)CC1)NC1CC1. The lowest BCUT2D eigenvalue weighted by Crippen LogP contribution is -2.51. The van der Waals surface area contributed by atoms with E-state index in [2.05, 4.69) is 29.2 Å². The van der Waals surface area contributed by atoms with Crippen LogP contribution in [-0.2, 0) is 9.53 Å².